The van der Waals surface area contributed by atoms with E-state index < -0.39 is 11.7 Å². The molecule has 1 aromatic heterocycles. The van der Waals surface area contributed by atoms with Gasteiger partial charge in [-0.25, -0.2) is 0 Å². The molecule has 2 aromatic rings. The second-order valence-electron chi connectivity index (χ2n) is 4.58. The van der Waals surface area contributed by atoms with Crippen LogP contribution in [-0.4, -0.2) is 15.6 Å². The zero-order valence-electron chi connectivity index (χ0n) is 11.5. The standard InChI is InChI=1S/C15H13F3N2O/c1-10-13(9-19-20(10)2)14(21)8-5-11-3-6-12(7-4-11)15(16,17)18/h3-9H,1-2H3/b8-5+. The number of aromatic nitrogens is 2. The van der Waals surface area contributed by atoms with Gasteiger partial charge in [-0.3, -0.25) is 9.48 Å². The molecule has 0 saturated carbocycles. The van der Waals surface area contributed by atoms with E-state index in [1.165, 1.54) is 30.5 Å². The number of aryl methyl sites for hydroxylation is 1. The van der Waals surface area contributed by atoms with Gasteiger partial charge >= 0.3 is 6.18 Å². The lowest BCUT2D eigenvalue weighted by molar-refractivity contribution is -0.137. The molecule has 0 spiro atoms. The Bertz CT molecular complexity index is 682. The summed E-state index contributed by atoms with van der Waals surface area (Å²) in [6.07, 6.45) is -0.0822. The fourth-order valence-corrected chi connectivity index (χ4v) is 1.79. The molecule has 0 amide bonds. The zero-order chi connectivity index (χ0) is 15.6. The Hall–Kier alpha value is -2.37. The van der Waals surface area contributed by atoms with Crippen LogP contribution in [0.5, 0.6) is 0 Å². The van der Waals surface area contributed by atoms with Crippen LogP contribution in [0.3, 0.4) is 0 Å². The zero-order valence-corrected chi connectivity index (χ0v) is 11.5. The summed E-state index contributed by atoms with van der Waals surface area (Å²) in [5, 5.41) is 3.97. The highest BCUT2D eigenvalue weighted by Gasteiger charge is 2.29. The van der Waals surface area contributed by atoms with E-state index in [-0.39, 0.29) is 5.78 Å². The van der Waals surface area contributed by atoms with Gasteiger partial charge < -0.3 is 0 Å². The summed E-state index contributed by atoms with van der Waals surface area (Å²) in [6.45, 7) is 1.77. The van der Waals surface area contributed by atoms with Gasteiger partial charge in [-0.2, -0.15) is 18.3 Å². The molecule has 0 atom stereocenters. The number of carbonyl (C=O) groups is 1. The maximum atomic E-state index is 12.4. The van der Waals surface area contributed by atoms with Crippen molar-refractivity contribution in [3.63, 3.8) is 0 Å². The second-order valence-corrected chi connectivity index (χ2v) is 4.58. The quantitative estimate of drug-likeness (QED) is 0.640. The normalized spacial score (nSPS) is 12.0. The number of alkyl halides is 3. The highest BCUT2D eigenvalue weighted by molar-refractivity contribution is 6.07. The molecule has 2 rings (SSSR count). The molecule has 0 saturated heterocycles. The van der Waals surface area contributed by atoms with Crippen molar-refractivity contribution in [2.75, 3.05) is 0 Å². The molecule has 3 nitrogen and oxygen atoms in total. The number of hydrogen-bond acceptors (Lipinski definition) is 2. The summed E-state index contributed by atoms with van der Waals surface area (Å²) >= 11 is 0. The lowest BCUT2D eigenvalue weighted by Crippen LogP contribution is -2.04. The summed E-state index contributed by atoms with van der Waals surface area (Å²) in [6, 6.07) is 4.62. The molecule has 6 heteroatoms. The molecular weight excluding hydrogens is 281 g/mol. The molecule has 21 heavy (non-hydrogen) atoms. The maximum Gasteiger partial charge on any atom is 0.416 e. The molecular formula is C15H13F3N2O. The van der Waals surface area contributed by atoms with Crippen molar-refractivity contribution in [1.82, 2.24) is 9.78 Å². The predicted molar refractivity (Wildman–Crippen MR) is 72.8 cm³/mol. The van der Waals surface area contributed by atoms with Crippen LogP contribution in [0, 0.1) is 6.92 Å². The van der Waals surface area contributed by atoms with Gasteiger partial charge in [0.1, 0.15) is 0 Å². The topological polar surface area (TPSA) is 34.9 Å². The smallest absolute Gasteiger partial charge is 0.289 e. The van der Waals surface area contributed by atoms with Crippen LogP contribution in [-0.2, 0) is 13.2 Å². The summed E-state index contributed by atoms with van der Waals surface area (Å²) in [5.74, 6) is -0.236. The van der Waals surface area contributed by atoms with Crippen molar-refractivity contribution in [2.45, 2.75) is 13.1 Å². The number of halogens is 3. The molecule has 1 aromatic carbocycles. The van der Waals surface area contributed by atoms with Crippen molar-refractivity contribution < 1.29 is 18.0 Å². The van der Waals surface area contributed by atoms with Gasteiger partial charge in [0.2, 0.25) is 0 Å². The van der Waals surface area contributed by atoms with E-state index in [1.54, 1.807) is 18.7 Å². The highest BCUT2D eigenvalue weighted by Crippen LogP contribution is 2.29. The van der Waals surface area contributed by atoms with Crippen LogP contribution < -0.4 is 0 Å². The van der Waals surface area contributed by atoms with Crippen molar-refractivity contribution in [2.24, 2.45) is 7.05 Å². The van der Waals surface area contributed by atoms with Gasteiger partial charge in [-0.05, 0) is 30.7 Å². The van der Waals surface area contributed by atoms with Crippen molar-refractivity contribution in [3.05, 3.63) is 58.9 Å². The molecule has 0 aliphatic rings. The number of allylic oxidation sites excluding steroid dienone is 1. The van der Waals surface area contributed by atoms with Gasteiger partial charge in [0.15, 0.2) is 5.78 Å². The molecule has 0 bridgehead atoms. The van der Waals surface area contributed by atoms with Crippen molar-refractivity contribution >= 4 is 11.9 Å². The van der Waals surface area contributed by atoms with Crippen LogP contribution in [0.4, 0.5) is 13.2 Å². The van der Waals surface area contributed by atoms with E-state index in [9.17, 15) is 18.0 Å². The Labute approximate surface area is 119 Å². The van der Waals surface area contributed by atoms with Crippen LogP contribution in [0.25, 0.3) is 6.08 Å². The first-order valence-corrected chi connectivity index (χ1v) is 6.17. The molecule has 0 aliphatic carbocycles. The third-order valence-electron chi connectivity index (χ3n) is 3.17. The molecule has 0 fully saturated rings. The Balaban J connectivity index is 2.14. The summed E-state index contributed by atoms with van der Waals surface area (Å²) in [4.78, 5) is 12.0. The first-order chi connectivity index (χ1) is 9.79. The van der Waals surface area contributed by atoms with E-state index in [0.717, 1.165) is 17.8 Å². The number of benzene rings is 1. The molecule has 0 N–H and O–H groups in total. The van der Waals surface area contributed by atoms with E-state index in [2.05, 4.69) is 5.10 Å². The molecule has 0 unspecified atom stereocenters. The third kappa shape index (κ3) is 3.39. The van der Waals surface area contributed by atoms with Gasteiger partial charge in [-0.15, -0.1) is 0 Å². The first kappa shape index (κ1) is 15.0. The minimum atomic E-state index is -4.36. The molecule has 0 aliphatic heterocycles. The number of hydrogen-bond donors (Lipinski definition) is 0. The maximum absolute atomic E-state index is 12.4. The monoisotopic (exact) mass is 294 g/mol. The minimum Gasteiger partial charge on any atom is -0.289 e. The van der Waals surface area contributed by atoms with E-state index in [4.69, 9.17) is 0 Å². The lowest BCUT2D eigenvalue weighted by atomic mass is 10.1. The van der Waals surface area contributed by atoms with Crippen LogP contribution >= 0.6 is 0 Å². The predicted octanol–water partition coefficient (Wildman–Crippen LogP) is 3.64. The van der Waals surface area contributed by atoms with Gasteiger partial charge in [0, 0.05) is 12.7 Å². The SMILES string of the molecule is Cc1c(C(=O)/C=C/c2ccc(C(F)(F)F)cc2)cnn1C. The molecule has 0 radical (unpaired) electrons. The fraction of sp³-hybridized carbons (Fsp3) is 0.200. The van der Waals surface area contributed by atoms with E-state index in [0.29, 0.717) is 11.1 Å². The van der Waals surface area contributed by atoms with E-state index >= 15 is 0 Å². The molecule has 110 valence electrons. The Morgan fingerprint density at radius 2 is 1.86 bits per heavy atom. The summed E-state index contributed by atoms with van der Waals surface area (Å²) in [5.41, 5.74) is 1.02. The largest absolute Gasteiger partial charge is 0.416 e. The van der Waals surface area contributed by atoms with Gasteiger partial charge in [0.25, 0.3) is 0 Å². The second kappa shape index (κ2) is 5.55. The number of ketones is 1. The van der Waals surface area contributed by atoms with Crippen molar-refractivity contribution in [3.8, 4) is 0 Å². The fourth-order valence-electron chi connectivity index (χ4n) is 1.79. The summed E-state index contributed by atoms with van der Waals surface area (Å²) in [7, 11) is 1.73. The van der Waals surface area contributed by atoms with Crippen molar-refractivity contribution in [1.29, 1.82) is 0 Å². The summed E-state index contributed by atoms with van der Waals surface area (Å²) < 4.78 is 38.8. The van der Waals surface area contributed by atoms with Gasteiger partial charge in [-0.1, -0.05) is 18.2 Å². The average Bonchev–Trinajstić information content (AvgIpc) is 2.76. The lowest BCUT2D eigenvalue weighted by Gasteiger charge is -2.05. The number of nitrogens with zero attached hydrogens (tertiary/aromatic N) is 2. The Kier molecular flexibility index (Phi) is 3.97. The Morgan fingerprint density at radius 3 is 2.33 bits per heavy atom. The van der Waals surface area contributed by atoms with Crippen LogP contribution in [0.2, 0.25) is 0 Å². The molecule has 1 heterocycles. The highest BCUT2D eigenvalue weighted by atomic mass is 19.4. The van der Waals surface area contributed by atoms with Crippen LogP contribution in [0.1, 0.15) is 27.2 Å². The number of carbonyl (C=O) groups excluding carboxylic acids is 1. The Morgan fingerprint density at radius 1 is 1.24 bits per heavy atom. The number of rotatable bonds is 3. The first-order valence-electron chi connectivity index (χ1n) is 6.17. The van der Waals surface area contributed by atoms with E-state index in [1.807, 2.05) is 0 Å². The third-order valence-corrected chi connectivity index (χ3v) is 3.17. The van der Waals surface area contributed by atoms with Crippen LogP contribution in [0.15, 0.2) is 36.5 Å². The average molecular weight is 294 g/mol. The van der Waals surface area contributed by atoms with Gasteiger partial charge in [0.05, 0.1) is 17.3 Å². The minimum absolute atomic E-state index is 0.236.